The third-order valence-corrected chi connectivity index (χ3v) is 5.08. The van der Waals surface area contributed by atoms with Crippen molar-refractivity contribution in [3.8, 4) is 11.3 Å². The van der Waals surface area contributed by atoms with Gasteiger partial charge >= 0.3 is 0 Å². The first-order chi connectivity index (χ1) is 16.9. The Bertz CT molecular complexity index is 1300. The molecule has 1 aromatic carbocycles. The third-order valence-electron chi connectivity index (χ3n) is 5.08. The SMILES string of the molecule is [2H]C([2H])([2H])C([2H])(C)n1nc(-c2ccc(C(C)C(=O)Nc3cc(CC(C)(C)C)no3)cc2)c(C(N)=O)c1N. The van der Waals surface area contributed by atoms with E-state index < -0.39 is 24.7 Å². The standard InChI is InChI=1S/C24H32N6O3/c1-13(2)30-21(25)19(22(26)31)20(28-30)16-9-7-15(8-10-16)14(3)23(32)27-18-11-17(29-33-18)12-24(4,5)6/h7-11,13-14H,12,25H2,1-6H3,(H2,26,31)(H,27,32)/i1D3,13D. The zero-order valence-electron chi connectivity index (χ0n) is 23.4. The average Bonchev–Trinajstić information content (AvgIpc) is 3.35. The second-order valence-electron chi connectivity index (χ2n) is 9.22. The summed E-state index contributed by atoms with van der Waals surface area (Å²) in [6.45, 7) is 6.31. The van der Waals surface area contributed by atoms with Gasteiger partial charge in [0.25, 0.3) is 5.91 Å². The van der Waals surface area contributed by atoms with Gasteiger partial charge in [0.1, 0.15) is 17.1 Å². The van der Waals surface area contributed by atoms with E-state index in [1.807, 2.05) is 0 Å². The quantitative estimate of drug-likeness (QED) is 0.488. The van der Waals surface area contributed by atoms with E-state index in [0.717, 1.165) is 17.3 Å². The molecule has 0 aliphatic rings. The summed E-state index contributed by atoms with van der Waals surface area (Å²) in [5, 5.41) is 10.9. The maximum atomic E-state index is 12.8. The van der Waals surface area contributed by atoms with E-state index in [9.17, 15) is 9.59 Å². The molecule has 2 atom stereocenters. The van der Waals surface area contributed by atoms with Crippen molar-refractivity contribution in [2.75, 3.05) is 11.1 Å². The van der Waals surface area contributed by atoms with Crippen LogP contribution in [0.1, 0.15) is 80.5 Å². The monoisotopic (exact) mass is 456 g/mol. The fraction of sp³-hybridized carbons (Fsp3) is 0.417. The molecule has 0 aliphatic heterocycles. The molecule has 0 saturated heterocycles. The van der Waals surface area contributed by atoms with E-state index in [4.69, 9.17) is 21.5 Å². The first-order valence-electron chi connectivity index (χ1n) is 12.5. The number of benzene rings is 1. The first-order valence-corrected chi connectivity index (χ1v) is 10.5. The van der Waals surface area contributed by atoms with Gasteiger partial charge in [-0.1, -0.05) is 50.2 Å². The molecule has 3 rings (SSSR count). The van der Waals surface area contributed by atoms with Crippen LogP contribution < -0.4 is 16.8 Å². The summed E-state index contributed by atoms with van der Waals surface area (Å²) in [6.07, 6.45) is 0.697. The van der Waals surface area contributed by atoms with Crippen LogP contribution in [-0.2, 0) is 11.2 Å². The summed E-state index contributed by atoms with van der Waals surface area (Å²) in [4.78, 5) is 24.9. The molecular weight excluding hydrogens is 420 g/mol. The lowest BCUT2D eigenvalue weighted by Gasteiger charge is -2.15. The molecule has 2 unspecified atom stereocenters. The largest absolute Gasteiger partial charge is 0.383 e. The van der Waals surface area contributed by atoms with Crippen LogP contribution in [0.25, 0.3) is 11.3 Å². The zero-order valence-corrected chi connectivity index (χ0v) is 19.4. The molecule has 2 aromatic heterocycles. The van der Waals surface area contributed by atoms with Gasteiger partial charge in [-0.15, -0.1) is 0 Å². The van der Waals surface area contributed by atoms with Gasteiger partial charge in [0.2, 0.25) is 11.8 Å². The molecule has 0 spiro atoms. The lowest BCUT2D eigenvalue weighted by Crippen LogP contribution is -2.18. The molecule has 5 N–H and O–H groups in total. The van der Waals surface area contributed by atoms with Gasteiger partial charge in [0.15, 0.2) is 0 Å². The van der Waals surface area contributed by atoms with Crippen molar-refractivity contribution >= 4 is 23.5 Å². The van der Waals surface area contributed by atoms with Crippen molar-refractivity contribution in [1.82, 2.24) is 14.9 Å². The number of aromatic nitrogens is 3. The molecule has 33 heavy (non-hydrogen) atoms. The number of carbonyl (C=O) groups excluding carboxylic acids is 2. The van der Waals surface area contributed by atoms with Crippen molar-refractivity contribution in [1.29, 1.82) is 0 Å². The van der Waals surface area contributed by atoms with E-state index in [-0.39, 0.29) is 34.3 Å². The van der Waals surface area contributed by atoms with Crippen LogP contribution in [0.2, 0.25) is 0 Å². The fourth-order valence-corrected chi connectivity index (χ4v) is 3.44. The van der Waals surface area contributed by atoms with E-state index in [1.54, 1.807) is 37.3 Å². The van der Waals surface area contributed by atoms with Crippen LogP contribution in [0.4, 0.5) is 11.7 Å². The van der Waals surface area contributed by atoms with Gasteiger partial charge in [-0.3, -0.25) is 14.9 Å². The second-order valence-corrected chi connectivity index (χ2v) is 9.22. The molecule has 0 radical (unpaired) electrons. The maximum Gasteiger partial charge on any atom is 0.254 e. The second kappa shape index (κ2) is 9.09. The Morgan fingerprint density at radius 2 is 1.94 bits per heavy atom. The number of amides is 2. The van der Waals surface area contributed by atoms with Gasteiger partial charge in [-0.05, 0) is 38.1 Å². The summed E-state index contributed by atoms with van der Waals surface area (Å²) in [5.74, 6) is -1.83. The Kier molecular flexibility index (Phi) is 5.21. The molecule has 9 nitrogen and oxygen atoms in total. The minimum atomic E-state index is -2.77. The van der Waals surface area contributed by atoms with Gasteiger partial charge < -0.3 is 16.0 Å². The molecule has 2 amide bonds. The van der Waals surface area contributed by atoms with Crippen LogP contribution in [0, 0.1) is 5.41 Å². The highest BCUT2D eigenvalue weighted by Gasteiger charge is 2.24. The lowest BCUT2D eigenvalue weighted by atomic mass is 9.91. The maximum absolute atomic E-state index is 12.8. The number of anilines is 2. The van der Waals surface area contributed by atoms with Crippen LogP contribution in [0.3, 0.4) is 0 Å². The summed E-state index contributed by atoms with van der Waals surface area (Å²) in [7, 11) is 0. The minimum absolute atomic E-state index is 0.0219. The predicted molar refractivity (Wildman–Crippen MR) is 128 cm³/mol. The van der Waals surface area contributed by atoms with Gasteiger partial charge in [0.05, 0.1) is 13.0 Å². The number of nitrogens with one attached hydrogen (secondary N) is 1. The van der Waals surface area contributed by atoms with Crippen LogP contribution in [-0.4, -0.2) is 26.8 Å². The fourth-order valence-electron chi connectivity index (χ4n) is 3.44. The van der Waals surface area contributed by atoms with Crippen molar-refractivity contribution in [3.05, 3.63) is 47.2 Å². The van der Waals surface area contributed by atoms with Crippen molar-refractivity contribution < 1.29 is 19.6 Å². The first kappa shape index (κ1) is 18.9. The lowest BCUT2D eigenvalue weighted by molar-refractivity contribution is -0.117. The topological polar surface area (TPSA) is 142 Å². The Hall–Kier alpha value is -3.62. The van der Waals surface area contributed by atoms with E-state index in [1.165, 1.54) is 0 Å². The van der Waals surface area contributed by atoms with Crippen LogP contribution in [0.5, 0.6) is 0 Å². The van der Waals surface area contributed by atoms with Gasteiger partial charge in [-0.2, -0.15) is 5.10 Å². The average molecular weight is 457 g/mol. The Morgan fingerprint density at radius 1 is 1.27 bits per heavy atom. The number of carbonyl (C=O) groups is 2. The number of rotatable bonds is 7. The third kappa shape index (κ3) is 5.42. The van der Waals surface area contributed by atoms with Crippen LogP contribution >= 0.6 is 0 Å². The molecule has 2 heterocycles. The predicted octanol–water partition coefficient (Wildman–Crippen LogP) is 4.13. The van der Waals surface area contributed by atoms with E-state index >= 15 is 0 Å². The van der Waals surface area contributed by atoms with E-state index in [0.29, 0.717) is 17.5 Å². The van der Waals surface area contributed by atoms with Crippen molar-refractivity contribution in [3.63, 3.8) is 0 Å². The number of primary amides is 1. The number of nitrogens with two attached hydrogens (primary N) is 2. The number of hydrogen-bond acceptors (Lipinski definition) is 6. The highest BCUT2D eigenvalue weighted by molar-refractivity contribution is 6.03. The summed E-state index contributed by atoms with van der Waals surface area (Å²) >= 11 is 0. The normalized spacial score (nSPS) is 16.6. The summed E-state index contributed by atoms with van der Waals surface area (Å²) in [6, 6.07) is 6.04. The summed E-state index contributed by atoms with van der Waals surface area (Å²) < 4.78 is 37.3. The molecule has 176 valence electrons. The highest BCUT2D eigenvalue weighted by atomic mass is 16.5. The van der Waals surface area contributed by atoms with Gasteiger partial charge in [0, 0.05) is 21.8 Å². The number of nitrogens with zero attached hydrogens (tertiary/aromatic N) is 3. The van der Waals surface area contributed by atoms with Gasteiger partial charge in [-0.25, -0.2) is 4.68 Å². The summed E-state index contributed by atoms with van der Waals surface area (Å²) in [5.41, 5.74) is 13.2. The zero-order chi connectivity index (χ0) is 27.9. The number of hydrogen-bond donors (Lipinski definition) is 3. The minimum Gasteiger partial charge on any atom is -0.383 e. The Labute approximate surface area is 199 Å². The van der Waals surface area contributed by atoms with Crippen molar-refractivity contribution in [2.24, 2.45) is 11.1 Å². The van der Waals surface area contributed by atoms with Crippen LogP contribution in [0.15, 0.2) is 34.9 Å². The smallest absolute Gasteiger partial charge is 0.254 e. The molecular formula is C24H32N6O3. The highest BCUT2D eigenvalue weighted by Crippen LogP contribution is 2.30. The molecule has 0 bridgehead atoms. The molecule has 0 saturated carbocycles. The molecule has 9 heteroatoms. The van der Waals surface area contributed by atoms with E-state index in [2.05, 4.69) is 36.3 Å². The number of nitrogen functional groups attached to an aromatic ring is 1. The van der Waals surface area contributed by atoms with Crippen molar-refractivity contribution in [2.45, 2.75) is 59.8 Å². The Morgan fingerprint density at radius 3 is 2.52 bits per heavy atom. The molecule has 0 fully saturated rings. The molecule has 0 aliphatic carbocycles. The Balaban J connectivity index is 1.85. The molecule has 3 aromatic rings.